The van der Waals surface area contributed by atoms with Crippen LogP contribution >= 0.6 is 11.3 Å². The molecule has 0 aliphatic carbocycles. The first-order valence-corrected chi connectivity index (χ1v) is 5.90. The summed E-state index contributed by atoms with van der Waals surface area (Å²) < 4.78 is 0. The maximum absolute atomic E-state index is 11.6. The third kappa shape index (κ3) is 3.63. The predicted molar refractivity (Wildman–Crippen MR) is 63.7 cm³/mol. The van der Waals surface area contributed by atoms with Gasteiger partial charge in [-0.2, -0.15) is 0 Å². The van der Waals surface area contributed by atoms with Crippen molar-refractivity contribution in [3.05, 3.63) is 21.9 Å². The van der Waals surface area contributed by atoms with Crippen molar-refractivity contribution in [1.29, 1.82) is 0 Å². The molecule has 0 bridgehead atoms. The van der Waals surface area contributed by atoms with Gasteiger partial charge >= 0.3 is 0 Å². The van der Waals surface area contributed by atoms with Gasteiger partial charge in [-0.3, -0.25) is 9.59 Å². The minimum absolute atomic E-state index is 0.171. The minimum Gasteiger partial charge on any atom is -0.366 e. The highest BCUT2D eigenvalue weighted by Gasteiger charge is 2.10. The summed E-state index contributed by atoms with van der Waals surface area (Å²) >= 11 is 1.22. The highest BCUT2D eigenvalue weighted by atomic mass is 32.1. The third-order valence-electron chi connectivity index (χ3n) is 1.95. The van der Waals surface area contributed by atoms with Crippen LogP contribution in [0.25, 0.3) is 0 Å². The number of hydrogen-bond acceptors (Lipinski definition) is 4. The average Bonchev–Trinajstić information content (AvgIpc) is 2.73. The Labute approximate surface area is 98.0 Å². The molecule has 0 atom stereocenters. The van der Waals surface area contributed by atoms with Crippen LogP contribution in [0.4, 0.5) is 0 Å². The fourth-order valence-corrected chi connectivity index (χ4v) is 1.93. The average molecular weight is 241 g/mol. The molecule has 16 heavy (non-hydrogen) atoms. The van der Waals surface area contributed by atoms with Gasteiger partial charge in [-0.15, -0.1) is 11.3 Å². The Balaban J connectivity index is 2.43. The maximum atomic E-state index is 11.6. The molecule has 1 aromatic heterocycles. The van der Waals surface area contributed by atoms with Crippen molar-refractivity contribution in [2.75, 3.05) is 19.6 Å². The molecule has 0 saturated heterocycles. The highest BCUT2D eigenvalue weighted by Crippen LogP contribution is 2.13. The Morgan fingerprint density at radius 3 is 2.75 bits per heavy atom. The van der Waals surface area contributed by atoms with E-state index in [4.69, 9.17) is 5.73 Å². The molecule has 0 radical (unpaired) electrons. The van der Waals surface area contributed by atoms with E-state index in [-0.39, 0.29) is 5.91 Å². The van der Waals surface area contributed by atoms with Crippen molar-refractivity contribution in [3.63, 3.8) is 0 Å². The second-order valence-electron chi connectivity index (χ2n) is 3.17. The summed E-state index contributed by atoms with van der Waals surface area (Å²) in [7, 11) is 0. The van der Waals surface area contributed by atoms with Crippen LogP contribution in [0.2, 0.25) is 0 Å². The second kappa shape index (κ2) is 6.24. The molecule has 1 aromatic rings. The molecule has 0 unspecified atom stereocenters. The van der Waals surface area contributed by atoms with Crippen molar-refractivity contribution < 1.29 is 9.59 Å². The van der Waals surface area contributed by atoms with E-state index in [1.165, 1.54) is 17.4 Å². The molecule has 0 spiro atoms. The number of nitrogens with two attached hydrogens (primary N) is 1. The lowest BCUT2D eigenvalue weighted by Crippen LogP contribution is -2.31. The number of likely N-dealkylation sites (N-methyl/N-ethyl adjacent to an activating group) is 1. The zero-order valence-electron chi connectivity index (χ0n) is 9.08. The Bertz CT molecular complexity index is 376. The van der Waals surface area contributed by atoms with Crippen molar-refractivity contribution >= 4 is 23.2 Å². The van der Waals surface area contributed by atoms with Gasteiger partial charge in [-0.25, -0.2) is 0 Å². The minimum atomic E-state index is -0.511. The van der Waals surface area contributed by atoms with E-state index in [1.807, 2.05) is 6.92 Å². The van der Waals surface area contributed by atoms with Gasteiger partial charge in [-0.05, 0) is 12.6 Å². The lowest BCUT2D eigenvalue weighted by molar-refractivity contribution is 0.0958. The van der Waals surface area contributed by atoms with Gasteiger partial charge in [0.15, 0.2) is 0 Å². The molecular formula is C10H15N3O2S. The summed E-state index contributed by atoms with van der Waals surface area (Å²) in [5, 5.41) is 7.42. The quantitative estimate of drug-likeness (QED) is 0.621. The molecule has 2 amide bonds. The molecule has 1 heterocycles. The molecule has 5 nitrogen and oxygen atoms in total. The zero-order valence-corrected chi connectivity index (χ0v) is 9.89. The maximum Gasteiger partial charge on any atom is 0.261 e. The summed E-state index contributed by atoms with van der Waals surface area (Å²) in [6, 6.07) is 1.51. The monoisotopic (exact) mass is 241 g/mol. The smallest absolute Gasteiger partial charge is 0.261 e. The van der Waals surface area contributed by atoms with Crippen molar-refractivity contribution in [3.8, 4) is 0 Å². The van der Waals surface area contributed by atoms with Crippen LogP contribution in [0.5, 0.6) is 0 Å². The number of thiophene rings is 1. The number of carbonyl (C=O) groups excluding carboxylic acids is 2. The number of hydrogen-bond donors (Lipinski definition) is 3. The van der Waals surface area contributed by atoms with E-state index in [9.17, 15) is 9.59 Å². The van der Waals surface area contributed by atoms with E-state index >= 15 is 0 Å². The van der Waals surface area contributed by atoms with E-state index in [1.54, 1.807) is 5.38 Å². The van der Waals surface area contributed by atoms with Crippen LogP contribution in [0, 0.1) is 0 Å². The lowest BCUT2D eigenvalue weighted by Gasteiger charge is -2.03. The molecule has 1 rings (SSSR count). The Hall–Kier alpha value is -1.40. The molecule has 88 valence electrons. The topological polar surface area (TPSA) is 84.2 Å². The van der Waals surface area contributed by atoms with Crippen LogP contribution in [0.15, 0.2) is 11.4 Å². The lowest BCUT2D eigenvalue weighted by atomic mass is 10.3. The predicted octanol–water partition coefficient (Wildman–Crippen LogP) is 0.186. The van der Waals surface area contributed by atoms with E-state index in [2.05, 4.69) is 10.6 Å². The zero-order chi connectivity index (χ0) is 12.0. The van der Waals surface area contributed by atoms with Gasteiger partial charge in [-0.1, -0.05) is 6.92 Å². The van der Waals surface area contributed by atoms with Crippen molar-refractivity contribution in [2.24, 2.45) is 5.73 Å². The van der Waals surface area contributed by atoms with Gasteiger partial charge in [0.1, 0.15) is 0 Å². The molecule has 0 fully saturated rings. The van der Waals surface area contributed by atoms with Crippen LogP contribution < -0.4 is 16.4 Å². The first kappa shape index (κ1) is 12.7. The number of amides is 2. The third-order valence-corrected chi connectivity index (χ3v) is 2.87. The van der Waals surface area contributed by atoms with Crippen LogP contribution in [-0.2, 0) is 0 Å². The fourth-order valence-electron chi connectivity index (χ4n) is 1.11. The number of rotatable bonds is 6. The Kier molecular flexibility index (Phi) is 4.94. The highest BCUT2D eigenvalue weighted by molar-refractivity contribution is 7.12. The molecular weight excluding hydrogens is 226 g/mol. The van der Waals surface area contributed by atoms with Gasteiger partial charge in [0.05, 0.1) is 10.4 Å². The summed E-state index contributed by atoms with van der Waals surface area (Å²) in [5.74, 6) is -0.682. The summed E-state index contributed by atoms with van der Waals surface area (Å²) in [5.41, 5.74) is 5.47. The van der Waals surface area contributed by atoms with Crippen LogP contribution in [0.1, 0.15) is 27.0 Å². The van der Waals surface area contributed by atoms with Gasteiger partial charge in [0.2, 0.25) is 5.91 Å². The number of primary amides is 1. The summed E-state index contributed by atoms with van der Waals surface area (Å²) in [6.45, 7) is 4.17. The first-order valence-electron chi connectivity index (χ1n) is 5.02. The normalized spacial score (nSPS) is 10.1. The summed E-state index contributed by atoms with van der Waals surface area (Å²) in [4.78, 5) is 22.9. The molecule has 0 aliphatic rings. The fraction of sp³-hybridized carbons (Fsp3) is 0.400. The Morgan fingerprint density at radius 2 is 2.19 bits per heavy atom. The van der Waals surface area contributed by atoms with E-state index in [0.29, 0.717) is 17.0 Å². The molecule has 0 aliphatic heterocycles. The number of carbonyl (C=O) groups is 2. The molecule has 0 aromatic carbocycles. The Morgan fingerprint density at radius 1 is 1.44 bits per heavy atom. The van der Waals surface area contributed by atoms with Crippen LogP contribution in [-0.4, -0.2) is 31.4 Å². The summed E-state index contributed by atoms with van der Waals surface area (Å²) in [6.07, 6.45) is 0. The first-order chi connectivity index (χ1) is 7.65. The SMILES string of the molecule is CCNCCNC(=O)c1cc(C(N)=O)cs1. The number of nitrogens with one attached hydrogen (secondary N) is 2. The van der Waals surface area contributed by atoms with Gasteiger partial charge in [0, 0.05) is 18.5 Å². The largest absolute Gasteiger partial charge is 0.366 e. The molecule has 0 saturated carbocycles. The van der Waals surface area contributed by atoms with Crippen LogP contribution in [0.3, 0.4) is 0 Å². The van der Waals surface area contributed by atoms with Crippen molar-refractivity contribution in [2.45, 2.75) is 6.92 Å². The standard InChI is InChI=1S/C10H15N3O2S/c1-2-12-3-4-13-10(15)8-5-7(6-16-8)9(11)14/h5-6,12H,2-4H2,1H3,(H2,11,14)(H,13,15). The van der Waals surface area contributed by atoms with Crippen molar-refractivity contribution in [1.82, 2.24) is 10.6 Å². The van der Waals surface area contributed by atoms with Gasteiger partial charge < -0.3 is 16.4 Å². The second-order valence-corrected chi connectivity index (χ2v) is 4.08. The van der Waals surface area contributed by atoms with Gasteiger partial charge in [0.25, 0.3) is 5.91 Å². The van der Waals surface area contributed by atoms with E-state index in [0.717, 1.165) is 13.1 Å². The molecule has 4 N–H and O–H groups in total. The molecule has 6 heteroatoms. The van der Waals surface area contributed by atoms with E-state index < -0.39 is 5.91 Å².